The number of anilines is 2. The van der Waals surface area contributed by atoms with Gasteiger partial charge < -0.3 is 25.3 Å². The fraction of sp³-hybridized carbons (Fsp3) is 0.262. The Bertz CT molecular complexity index is 2140. The molecule has 0 saturated carbocycles. The van der Waals surface area contributed by atoms with Crippen LogP contribution in [-0.2, 0) is 22.4 Å². The van der Waals surface area contributed by atoms with Crippen LogP contribution in [0.25, 0.3) is 22.6 Å². The first-order chi connectivity index (χ1) is 26.1. The van der Waals surface area contributed by atoms with Crippen LogP contribution < -0.4 is 10.6 Å². The molecule has 2 saturated heterocycles. The number of nitrogens with one attached hydrogen (secondary N) is 2. The zero-order chi connectivity index (χ0) is 37.8. The Morgan fingerprint density at radius 2 is 1.37 bits per heavy atom. The molecule has 12 heteroatoms. The summed E-state index contributed by atoms with van der Waals surface area (Å²) in [7, 11) is 0. The molecule has 4 amide bonds. The highest BCUT2D eigenvalue weighted by Gasteiger charge is 2.56. The van der Waals surface area contributed by atoms with Crippen molar-refractivity contribution < 1.29 is 33.8 Å². The van der Waals surface area contributed by atoms with Gasteiger partial charge in [-0.1, -0.05) is 72.8 Å². The number of carbonyl (C=O) groups excluding carboxylic acids is 2. The number of likely N-dealkylation sites (tertiary alicyclic amines) is 2. The van der Waals surface area contributed by atoms with Gasteiger partial charge in [0.15, 0.2) is 11.7 Å². The summed E-state index contributed by atoms with van der Waals surface area (Å²) in [4.78, 5) is 58.8. The van der Waals surface area contributed by atoms with Gasteiger partial charge in [-0.25, -0.2) is 14.6 Å². The van der Waals surface area contributed by atoms with Crippen LogP contribution in [0.4, 0.5) is 21.0 Å². The highest BCUT2D eigenvalue weighted by Crippen LogP contribution is 2.42. The van der Waals surface area contributed by atoms with E-state index in [9.17, 15) is 29.4 Å². The van der Waals surface area contributed by atoms with Crippen molar-refractivity contribution >= 4 is 35.4 Å². The van der Waals surface area contributed by atoms with E-state index in [0.717, 1.165) is 27.2 Å². The fourth-order valence-electron chi connectivity index (χ4n) is 7.88. The molecular formula is C42H41N5O7. The van der Waals surface area contributed by atoms with Crippen LogP contribution in [0.5, 0.6) is 0 Å². The van der Waals surface area contributed by atoms with Crippen molar-refractivity contribution in [1.29, 1.82) is 0 Å². The van der Waals surface area contributed by atoms with Gasteiger partial charge in [0.05, 0.1) is 0 Å². The van der Waals surface area contributed by atoms with Gasteiger partial charge in [-0.3, -0.25) is 19.4 Å². The number of oxazole rings is 1. The first-order valence-electron chi connectivity index (χ1n) is 18.0. The second kappa shape index (κ2) is 15.3. The van der Waals surface area contributed by atoms with Gasteiger partial charge >= 0.3 is 12.2 Å². The minimum atomic E-state index is -1.35. The number of rotatable bonds is 10. The van der Waals surface area contributed by atoms with Crippen molar-refractivity contribution in [2.75, 3.05) is 23.7 Å². The van der Waals surface area contributed by atoms with Crippen molar-refractivity contribution in [3.8, 4) is 22.6 Å². The molecule has 2 fully saturated rings. The molecule has 3 atom stereocenters. The van der Waals surface area contributed by atoms with Crippen LogP contribution >= 0.6 is 0 Å². The summed E-state index contributed by atoms with van der Waals surface area (Å²) < 4.78 is 6.02. The van der Waals surface area contributed by atoms with E-state index in [1.54, 1.807) is 43.3 Å². The van der Waals surface area contributed by atoms with Crippen LogP contribution in [0.1, 0.15) is 36.3 Å². The Kier molecular flexibility index (Phi) is 10.2. The Morgan fingerprint density at radius 1 is 0.759 bits per heavy atom. The fourth-order valence-corrected chi connectivity index (χ4v) is 7.88. The summed E-state index contributed by atoms with van der Waals surface area (Å²) in [5.74, 6) is -0.0466. The van der Waals surface area contributed by atoms with Crippen molar-refractivity contribution in [1.82, 2.24) is 14.8 Å². The molecule has 0 aliphatic carbocycles. The molecule has 2 aliphatic heterocycles. The average molecular weight is 728 g/mol. The maximum Gasteiger partial charge on any atom is 0.408 e. The molecule has 54 heavy (non-hydrogen) atoms. The molecule has 276 valence electrons. The lowest BCUT2D eigenvalue weighted by atomic mass is 9.75. The van der Waals surface area contributed by atoms with Crippen molar-refractivity contribution in [3.05, 3.63) is 126 Å². The highest BCUT2D eigenvalue weighted by atomic mass is 16.4. The molecule has 3 heterocycles. The Labute approximate surface area is 312 Å². The number of benzene rings is 4. The normalized spacial score (nSPS) is 19.4. The predicted octanol–water partition coefficient (Wildman–Crippen LogP) is 7.56. The number of nitrogens with zero attached hydrogens (tertiary/aromatic N) is 3. The molecule has 0 radical (unpaired) electrons. The molecule has 4 aromatic carbocycles. The monoisotopic (exact) mass is 727 g/mol. The van der Waals surface area contributed by atoms with Crippen molar-refractivity contribution in [2.24, 2.45) is 5.92 Å². The number of amides is 4. The van der Waals surface area contributed by atoms with Crippen LogP contribution in [0.3, 0.4) is 0 Å². The zero-order valence-corrected chi connectivity index (χ0v) is 29.8. The lowest BCUT2D eigenvalue weighted by molar-refractivity contribution is -0.127. The van der Waals surface area contributed by atoms with E-state index in [1.165, 1.54) is 4.90 Å². The van der Waals surface area contributed by atoms with E-state index >= 15 is 0 Å². The SMILES string of the molecule is Cc1nc(-c2ccc(NC(=O)[C@]3(Cc4ccccc4)C(Cc4ccccc4)CCN3C(=O)O)cc2)c(-c2ccc(NC(=O)[C@@H]3CCCN3C(=O)O)cc2)o1. The molecule has 1 unspecified atom stereocenters. The summed E-state index contributed by atoms with van der Waals surface area (Å²) in [6.07, 6.45) is 0.204. The van der Waals surface area contributed by atoms with Gasteiger partial charge in [0, 0.05) is 48.9 Å². The third-order valence-electron chi connectivity index (χ3n) is 10.5. The molecule has 0 bridgehead atoms. The standard InChI is InChI=1S/C42H41N5O7/c1-27-43-36(37(54-27)31-16-20-33(21-17-31)44-38(48)35-13-8-23-46(35)40(50)51)30-14-18-34(19-15-30)45-39(49)42(26-29-11-6-3-7-12-29)32(22-24-47(42)41(52)53)25-28-9-4-2-5-10-28/h2-7,9-12,14-21,32,35H,8,13,22-26H2,1H3,(H,44,48)(H,45,49)(H,50,51)(H,52,53)/t32?,35-,42-/m0/s1. The quantitative estimate of drug-likeness (QED) is 0.114. The Hall–Kier alpha value is -6.43. The van der Waals surface area contributed by atoms with Crippen LogP contribution in [-0.4, -0.2) is 73.7 Å². The van der Waals surface area contributed by atoms with Crippen molar-refractivity contribution in [3.63, 3.8) is 0 Å². The number of carboxylic acid groups (broad SMARTS) is 2. The van der Waals surface area contributed by atoms with Gasteiger partial charge in [-0.05, 0) is 79.1 Å². The Morgan fingerprint density at radius 3 is 2.00 bits per heavy atom. The largest absolute Gasteiger partial charge is 0.465 e. The van der Waals surface area contributed by atoms with Crippen LogP contribution in [0, 0.1) is 12.8 Å². The van der Waals surface area contributed by atoms with E-state index in [-0.39, 0.29) is 30.7 Å². The van der Waals surface area contributed by atoms with Gasteiger partial charge in [-0.15, -0.1) is 0 Å². The smallest absolute Gasteiger partial charge is 0.408 e. The molecular weight excluding hydrogens is 686 g/mol. The second-order valence-electron chi connectivity index (χ2n) is 13.8. The molecule has 7 rings (SSSR count). The van der Waals surface area contributed by atoms with Gasteiger partial charge in [-0.2, -0.15) is 0 Å². The Balaban J connectivity index is 1.12. The van der Waals surface area contributed by atoms with Gasteiger partial charge in [0.1, 0.15) is 17.3 Å². The van der Waals surface area contributed by atoms with Crippen LogP contribution in [0.2, 0.25) is 0 Å². The number of carbonyl (C=O) groups is 4. The molecule has 0 spiro atoms. The molecule has 4 N–H and O–H groups in total. The van der Waals surface area contributed by atoms with E-state index in [2.05, 4.69) is 15.6 Å². The maximum absolute atomic E-state index is 14.6. The molecule has 12 nitrogen and oxygen atoms in total. The number of hydrogen-bond acceptors (Lipinski definition) is 6. The summed E-state index contributed by atoms with van der Waals surface area (Å²) >= 11 is 0. The highest BCUT2D eigenvalue weighted by molar-refractivity contribution is 6.01. The first-order valence-corrected chi connectivity index (χ1v) is 18.0. The van der Waals surface area contributed by atoms with E-state index in [4.69, 9.17) is 4.42 Å². The average Bonchev–Trinajstić information content (AvgIpc) is 3.91. The third kappa shape index (κ3) is 7.27. The van der Waals surface area contributed by atoms with Crippen LogP contribution in [0.15, 0.2) is 114 Å². The summed E-state index contributed by atoms with van der Waals surface area (Å²) in [5.41, 5.74) is 3.64. The van der Waals surface area contributed by atoms with E-state index < -0.39 is 23.8 Å². The lowest BCUT2D eigenvalue weighted by Gasteiger charge is -2.40. The topological polar surface area (TPSA) is 165 Å². The maximum atomic E-state index is 14.6. The summed E-state index contributed by atoms with van der Waals surface area (Å²) in [5, 5.41) is 25.7. The van der Waals surface area contributed by atoms with Gasteiger partial charge in [0.2, 0.25) is 5.91 Å². The van der Waals surface area contributed by atoms with Crippen molar-refractivity contribution in [2.45, 2.75) is 50.6 Å². The summed E-state index contributed by atoms with van der Waals surface area (Å²) in [6.45, 7) is 2.33. The molecule has 1 aromatic heterocycles. The zero-order valence-electron chi connectivity index (χ0n) is 29.8. The molecule has 2 aliphatic rings. The second-order valence-corrected chi connectivity index (χ2v) is 13.8. The van der Waals surface area contributed by atoms with E-state index in [0.29, 0.717) is 60.9 Å². The van der Waals surface area contributed by atoms with Gasteiger partial charge in [0.25, 0.3) is 5.91 Å². The number of hydrogen-bond donors (Lipinski definition) is 4. The minimum Gasteiger partial charge on any atom is -0.465 e. The number of aromatic nitrogens is 1. The minimum absolute atomic E-state index is 0.229. The summed E-state index contributed by atoms with van der Waals surface area (Å²) in [6, 6.07) is 32.9. The lowest BCUT2D eigenvalue weighted by Crippen LogP contribution is -2.60. The predicted molar refractivity (Wildman–Crippen MR) is 203 cm³/mol. The molecule has 5 aromatic rings. The third-order valence-corrected chi connectivity index (χ3v) is 10.5. The number of aryl methyl sites for hydroxylation is 1. The van der Waals surface area contributed by atoms with E-state index in [1.807, 2.05) is 72.8 Å². The first kappa shape index (κ1) is 36.0.